The third-order valence-corrected chi connectivity index (χ3v) is 3.95. The first-order chi connectivity index (χ1) is 9.17. The maximum Gasteiger partial charge on any atom is 0.126 e. The van der Waals surface area contributed by atoms with Crippen molar-refractivity contribution >= 4 is 15.9 Å². The summed E-state index contributed by atoms with van der Waals surface area (Å²) in [6, 6.07) is 13.8. The van der Waals surface area contributed by atoms with Crippen molar-refractivity contribution in [3.8, 4) is 0 Å². The Bertz CT molecular complexity index is 505. The van der Waals surface area contributed by atoms with Crippen LogP contribution >= 0.6 is 15.9 Å². The van der Waals surface area contributed by atoms with Crippen LogP contribution in [0.1, 0.15) is 11.1 Å². The first kappa shape index (κ1) is 14.2. The van der Waals surface area contributed by atoms with E-state index in [0.717, 1.165) is 17.8 Å². The van der Waals surface area contributed by atoms with E-state index in [4.69, 9.17) is 0 Å². The molecule has 0 aromatic heterocycles. The standard InChI is InChI=1S/C16H15BrF2/c17-11-14(6-12-4-2-1-3-5-12)7-13-8-15(18)10-16(19)9-13/h1-5,8-10,14H,6-7,11H2. The van der Waals surface area contributed by atoms with Crippen molar-refractivity contribution < 1.29 is 8.78 Å². The van der Waals surface area contributed by atoms with E-state index >= 15 is 0 Å². The van der Waals surface area contributed by atoms with Gasteiger partial charge in [-0.2, -0.15) is 0 Å². The molecule has 0 aliphatic carbocycles. The van der Waals surface area contributed by atoms with Crippen molar-refractivity contribution in [2.75, 3.05) is 5.33 Å². The molecule has 2 aromatic carbocycles. The first-order valence-corrected chi connectivity index (χ1v) is 7.34. The Kier molecular flexibility index (Phi) is 5.08. The lowest BCUT2D eigenvalue weighted by atomic mass is 9.94. The molecule has 0 nitrogen and oxygen atoms in total. The van der Waals surface area contributed by atoms with Gasteiger partial charge < -0.3 is 0 Å². The van der Waals surface area contributed by atoms with Gasteiger partial charge in [-0.1, -0.05) is 46.3 Å². The van der Waals surface area contributed by atoms with E-state index in [1.807, 2.05) is 18.2 Å². The van der Waals surface area contributed by atoms with Gasteiger partial charge in [0.2, 0.25) is 0 Å². The second-order valence-electron chi connectivity index (χ2n) is 4.69. The average molecular weight is 325 g/mol. The van der Waals surface area contributed by atoms with Gasteiger partial charge in [0.1, 0.15) is 11.6 Å². The Labute approximate surface area is 120 Å². The monoisotopic (exact) mass is 324 g/mol. The van der Waals surface area contributed by atoms with Gasteiger partial charge in [0.25, 0.3) is 0 Å². The highest BCUT2D eigenvalue weighted by Gasteiger charge is 2.11. The van der Waals surface area contributed by atoms with Crippen LogP contribution in [0.4, 0.5) is 8.78 Å². The van der Waals surface area contributed by atoms with Crippen molar-refractivity contribution in [1.82, 2.24) is 0 Å². The van der Waals surface area contributed by atoms with E-state index in [-0.39, 0.29) is 0 Å². The molecule has 1 atom stereocenters. The van der Waals surface area contributed by atoms with Gasteiger partial charge in [0.05, 0.1) is 0 Å². The molecule has 2 aromatic rings. The summed E-state index contributed by atoms with van der Waals surface area (Å²) in [5.74, 6) is -0.699. The molecule has 0 heterocycles. The van der Waals surface area contributed by atoms with Crippen LogP contribution in [0, 0.1) is 17.6 Å². The van der Waals surface area contributed by atoms with Crippen molar-refractivity contribution in [2.24, 2.45) is 5.92 Å². The van der Waals surface area contributed by atoms with Crippen molar-refractivity contribution in [3.63, 3.8) is 0 Å². The van der Waals surface area contributed by atoms with Crippen LogP contribution < -0.4 is 0 Å². The van der Waals surface area contributed by atoms with Gasteiger partial charge in [-0.05, 0) is 42.0 Å². The number of alkyl halides is 1. The molecule has 0 spiro atoms. The van der Waals surface area contributed by atoms with E-state index in [1.165, 1.54) is 17.7 Å². The lowest BCUT2D eigenvalue weighted by Gasteiger charge is -2.14. The third kappa shape index (κ3) is 4.43. The van der Waals surface area contributed by atoms with Gasteiger partial charge in [0.15, 0.2) is 0 Å². The quantitative estimate of drug-likeness (QED) is 0.695. The Balaban J connectivity index is 2.06. The van der Waals surface area contributed by atoms with E-state index < -0.39 is 11.6 Å². The summed E-state index contributed by atoms with van der Waals surface area (Å²) < 4.78 is 26.3. The fourth-order valence-electron chi connectivity index (χ4n) is 2.19. The molecular weight excluding hydrogens is 310 g/mol. The summed E-state index contributed by atoms with van der Waals surface area (Å²) in [5, 5.41) is 0.806. The summed E-state index contributed by atoms with van der Waals surface area (Å²) >= 11 is 3.48. The van der Waals surface area contributed by atoms with Crippen LogP contribution in [-0.2, 0) is 12.8 Å². The number of rotatable bonds is 5. The number of benzene rings is 2. The highest BCUT2D eigenvalue weighted by molar-refractivity contribution is 9.09. The first-order valence-electron chi connectivity index (χ1n) is 6.22. The van der Waals surface area contributed by atoms with Crippen LogP contribution in [0.15, 0.2) is 48.5 Å². The van der Waals surface area contributed by atoms with Crippen molar-refractivity contribution in [2.45, 2.75) is 12.8 Å². The van der Waals surface area contributed by atoms with Gasteiger partial charge in [-0.3, -0.25) is 0 Å². The molecule has 100 valence electrons. The molecule has 2 rings (SSSR count). The summed E-state index contributed by atoms with van der Waals surface area (Å²) in [4.78, 5) is 0. The maximum atomic E-state index is 13.2. The third-order valence-electron chi connectivity index (χ3n) is 3.03. The van der Waals surface area contributed by atoms with E-state index in [1.54, 1.807) is 0 Å². The average Bonchev–Trinajstić information content (AvgIpc) is 2.38. The molecule has 0 bridgehead atoms. The molecule has 1 unspecified atom stereocenters. The highest BCUT2D eigenvalue weighted by atomic mass is 79.9. The van der Waals surface area contributed by atoms with Crippen LogP contribution in [0.3, 0.4) is 0 Å². The lowest BCUT2D eigenvalue weighted by molar-refractivity contribution is 0.560. The molecule has 19 heavy (non-hydrogen) atoms. The fraction of sp³-hybridized carbons (Fsp3) is 0.250. The summed E-state index contributed by atoms with van der Waals surface area (Å²) in [5.41, 5.74) is 1.95. The Hall–Kier alpha value is -1.22. The highest BCUT2D eigenvalue weighted by Crippen LogP contribution is 2.18. The molecular formula is C16H15BrF2. The number of halogens is 3. The van der Waals surface area contributed by atoms with E-state index in [0.29, 0.717) is 17.9 Å². The molecule has 0 aliphatic heterocycles. The number of hydrogen-bond acceptors (Lipinski definition) is 0. The van der Waals surface area contributed by atoms with Crippen LogP contribution in [-0.4, -0.2) is 5.33 Å². The largest absolute Gasteiger partial charge is 0.207 e. The van der Waals surface area contributed by atoms with Gasteiger partial charge in [-0.25, -0.2) is 8.78 Å². The summed E-state index contributed by atoms with van der Waals surface area (Å²) in [6.45, 7) is 0. The fourth-order valence-corrected chi connectivity index (χ4v) is 2.65. The van der Waals surface area contributed by atoms with Crippen molar-refractivity contribution in [3.05, 3.63) is 71.3 Å². The Morgan fingerprint density at radius 2 is 1.42 bits per heavy atom. The molecule has 3 heteroatoms. The second-order valence-corrected chi connectivity index (χ2v) is 5.34. The van der Waals surface area contributed by atoms with Crippen LogP contribution in [0.5, 0.6) is 0 Å². The number of hydrogen-bond donors (Lipinski definition) is 0. The molecule has 0 fully saturated rings. The Morgan fingerprint density at radius 1 is 0.842 bits per heavy atom. The zero-order valence-corrected chi connectivity index (χ0v) is 12.0. The zero-order valence-electron chi connectivity index (χ0n) is 10.5. The minimum atomic E-state index is -0.511. The molecule has 0 amide bonds. The minimum absolute atomic E-state index is 0.323. The SMILES string of the molecule is Fc1cc(F)cc(CC(CBr)Cc2ccccc2)c1. The zero-order chi connectivity index (χ0) is 13.7. The van der Waals surface area contributed by atoms with Crippen LogP contribution in [0.25, 0.3) is 0 Å². The second kappa shape index (κ2) is 6.80. The van der Waals surface area contributed by atoms with E-state index in [9.17, 15) is 8.78 Å². The topological polar surface area (TPSA) is 0 Å². The predicted octanol–water partition coefficient (Wildman–Crippen LogP) is 4.76. The van der Waals surface area contributed by atoms with Gasteiger partial charge in [-0.15, -0.1) is 0 Å². The predicted molar refractivity (Wildman–Crippen MR) is 77.5 cm³/mol. The van der Waals surface area contributed by atoms with Gasteiger partial charge in [0, 0.05) is 11.4 Å². The minimum Gasteiger partial charge on any atom is -0.207 e. The van der Waals surface area contributed by atoms with Crippen LogP contribution in [0.2, 0.25) is 0 Å². The normalized spacial score (nSPS) is 12.4. The van der Waals surface area contributed by atoms with Gasteiger partial charge >= 0.3 is 0 Å². The Morgan fingerprint density at radius 3 is 2.00 bits per heavy atom. The molecule has 0 aliphatic rings. The summed E-state index contributed by atoms with van der Waals surface area (Å²) in [6.07, 6.45) is 1.55. The van der Waals surface area contributed by atoms with Crippen molar-refractivity contribution in [1.29, 1.82) is 0 Å². The summed E-state index contributed by atoms with van der Waals surface area (Å²) in [7, 11) is 0. The molecule has 0 N–H and O–H groups in total. The molecule has 0 radical (unpaired) electrons. The lowest BCUT2D eigenvalue weighted by Crippen LogP contribution is -2.10. The van der Waals surface area contributed by atoms with E-state index in [2.05, 4.69) is 28.1 Å². The smallest absolute Gasteiger partial charge is 0.126 e. The maximum absolute atomic E-state index is 13.2. The molecule has 0 saturated carbocycles. The molecule has 0 saturated heterocycles.